The smallest absolute Gasteiger partial charge is 0.227 e. The molecular weight excluding hydrogens is 250 g/mol. The molecule has 0 bridgehead atoms. The molecule has 5 heteroatoms. The van der Waals surface area contributed by atoms with Crippen molar-refractivity contribution in [1.29, 1.82) is 0 Å². The molecule has 2 fully saturated rings. The van der Waals surface area contributed by atoms with E-state index in [2.05, 4.69) is 26.7 Å². The van der Waals surface area contributed by atoms with E-state index in [4.69, 9.17) is 4.98 Å². The molecule has 0 spiro atoms. The van der Waals surface area contributed by atoms with Crippen LogP contribution < -0.4 is 9.80 Å². The van der Waals surface area contributed by atoms with E-state index in [9.17, 15) is 0 Å². The van der Waals surface area contributed by atoms with Crippen LogP contribution in [0, 0.1) is 0 Å². The second kappa shape index (κ2) is 6.39. The molecule has 0 aromatic carbocycles. The molecule has 0 amide bonds. The van der Waals surface area contributed by atoms with Crippen molar-refractivity contribution >= 4 is 11.8 Å². The highest BCUT2D eigenvalue weighted by molar-refractivity contribution is 5.44. The molecule has 2 saturated heterocycles. The van der Waals surface area contributed by atoms with Gasteiger partial charge in [-0.25, -0.2) is 4.98 Å². The summed E-state index contributed by atoms with van der Waals surface area (Å²) in [4.78, 5) is 16.4. The zero-order valence-electron chi connectivity index (χ0n) is 12.5. The van der Waals surface area contributed by atoms with E-state index in [-0.39, 0.29) is 0 Å². The van der Waals surface area contributed by atoms with Crippen LogP contribution in [-0.2, 0) is 0 Å². The lowest BCUT2D eigenvalue weighted by molar-refractivity contribution is 0.312. The highest BCUT2D eigenvalue weighted by Crippen LogP contribution is 2.19. The van der Waals surface area contributed by atoms with Gasteiger partial charge in [-0.2, -0.15) is 4.98 Å². The molecule has 0 radical (unpaired) electrons. The van der Waals surface area contributed by atoms with Gasteiger partial charge in [-0.1, -0.05) is 12.8 Å². The first-order chi connectivity index (χ1) is 9.83. The molecule has 110 valence electrons. The van der Waals surface area contributed by atoms with Gasteiger partial charge >= 0.3 is 0 Å². The highest BCUT2D eigenvalue weighted by atomic mass is 15.3. The summed E-state index contributed by atoms with van der Waals surface area (Å²) < 4.78 is 0. The van der Waals surface area contributed by atoms with E-state index in [1.54, 1.807) is 0 Å². The van der Waals surface area contributed by atoms with Gasteiger partial charge in [-0.15, -0.1) is 0 Å². The lowest BCUT2D eigenvalue weighted by Crippen LogP contribution is -2.45. The fourth-order valence-corrected chi connectivity index (χ4v) is 2.97. The first-order valence-corrected chi connectivity index (χ1v) is 7.84. The van der Waals surface area contributed by atoms with Crippen LogP contribution in [0.1, 0.15) is 25.7 Å². The van der Waals surface area contributed by atoms with Gasteiger partial charge in [0.05, 0.1) is 0 Å². The number of nitrogens with zero attached hydrogens (tertiary/aromatic N) is 5. The van der Waals surface area contributed by atoms with Crippen molar-refractivity contribution < 1.29 is 0 Å². The third-order valence-electron chi connectivity index (χ3n) is 4.34. The molecule has 20 heavy (non-hydrogen) atoms. The Hall–Kier alpha value is -1.36. The molecule has 0 unspecified atom stereocenters. The lowest BCUT2D eigenvalue weighted by atomic mass is 10.2. The van der Waals surface area contributed by atoms with Crippen LogP contribution in [0.4, 0.5) is 11.8 Å². The Morgan fingerprint density at radius 1 is 0.850 bits per heavy atom. The van der Waals surface area contributed by atoms with Crippen molar-refractivity contribution in [2.24, 2.45) is 0 Å². The van der Waals surface area contributed by atoms with Gasteiger partial charge in [0.25, 0.3) is 0 Å². The molecule has 0 N–H and O–H groups in total. The summed E-state index contributed by atoms with van der Waals surface area (Å²) in [5, 5.41) is 0. The first kappa shape index (κ1) is 13.6. The van der Waals surface area contributed by atoms with E-state index in [1.807, 2.05) is 12.3 Å². The van der Waals surface area contributed by atoms with E-state index >= 15 is 0 Å². The minimum Gasteiger partial charge on any atom is -0.354 e. The topological polar surface area (TPSA) is 35.5 Å². The van der Waals surface area contributed by atoms with Gasteiger partial charge < -0.3 is 14.7 Å². The Bertz CT molecular complexity index is 420. The first-order valence-electron chi connectivity index (χ1n) is 7.84. The maximum absolute atomic E-state index is 4.81. The van der Waals surface area contributed by atoms with E-state index in [0.29, 0.717) is 0 Å². The minimum atomic E-state index is 0.920. The Morgan fingerprint density at radius 3 is 2.25 bits per heavy atom. The van der Waals surface area contributed by atoms with Crippen molar-refractivity contribution in [3.63, 3.8) is 0 Å². The molecule has 2 aliphatic rings. The van der Waals surface area contributed by atoms with Crippen LogP contribution in [0.15, 0.2) is 12.3 Å². The highest BCUT2D eigenvalue weighted by Gasteiger charge is 2.17. The maximum atomic E-state index is 4.81. The number of aromatic nitrogens is 2. The molecule has 2 aliphatic heterocycles. The molecule has 5 nitrogen and oxygen atoms in total. The van der Waals surface area contributed by atoms with Crippen molar-refractivity contribution in [2.45, 2.75) is 25.7 Å². The van der Waals surface area contributed by atoms with Crippen LogP contribution in [-0.4, -0.2) is 61.2 Å². The van der Waals surface area contributed by atoms with Crippen molar-refractivity contribution in [1.82, 2.24) is 14.9 Å². The van der Waals surface area contributed by atoms with Gasteiger partial charge in [-0.05, 0) is 26.0 Å². The fraction of sp³-hybridized carbons (Fsp3) is 0.733. The molecule has 1 aromatic heterocycles. The maximum Gasteiger partial charge on any atom is 0.227 e. The van der Waals surface area contributed by atoms with Gasteiger partial charge in [-0.3, -0.25) is 0 Å². The zero-order chi connectivity index (χ0) is 13.8. The van der Waals surface area contributed by atoms with Crippen LogP contribution in [0.5, 0.6) is 0 Å². The normalized spacial score (nSPS) is 21.9. The van der Waals surface area contributed by atoms with E-state index in [0.717, 1.165) is 51.0 Å². The van der Waals surface area contributed by atoms with Crippen molar-refractivity contribution in [3.05, 3.63) is 12.3 Å². The van der Waals surface area contributed by atoms with Crippen LogP contribution in [0.2, 0.25) is 0 Å². The Labute approximate surface area is 121 Å². The van der Waals surface area contributed by atoms with E-state index in [1.165, 1.54) is 25.7 Å². The van der Waals surface area contributed by atoms with Crippen LogP contribution in [0.25, 0.3) is 0 Å². The fourth-order valence-electron chi connectivity index (χ4n) is 2.97. The minimum absolute atomic E-state index is 0.920. The zero-order valence-corrected chi connectivity index (χ0v) is 12.5. The lowest BCUT2D eigenvalue weighted by Gasteiger charge is -2.33. The second-order valence-electron chi connectivity index (χ2n) is 5.91. The molecule has 3 rings (SSSR count). The Balaban J connectivity index is 1.71. The summed E-state index contributed by atoms with van der Waals surface area (Å²) in [7, 11) is 2.18. The number of hydrogen-bond donors (Lipinski definition) is 0. The number of likely N-dealkylation sites (N-methyl/N-ethyl adjacent to an activating group) is 1. The number of piperazine rings is 1. The number of rotatable bonds is 2. The molecule has 0 atom stereocenters. The monoisotopic (exact) mass is 275 g/mol. The SMILES string of the molecule is CN1CCN(c2ccnc(N3CCCCCC3)n2)CC1. The second-order valence-corrected chi connectivity index (χ2v) is 5.91. The van der Waals surface area contributed by atoms with Gasteiger partial charge in [0.1, 0.15) is 5.82 Å². The van der Waals surface area contributed by atoms with E-state index < -0.39 is 0 Å². The number of anilines is 2. The molecule has 0 saturated carbocycles. The molecule has 0 aliphatic carbocycles. The van der Waals surface area contributed by atoms with Gasteiger partial charge in [0.15, 0.2) is 0 Å². The number of hydrogen-bond acceptors (Lipinski definition) is 5. The average molecular weight is 275 g/mol. The summed E-state index contributed by atoms with van der Waals surface area (Å²) in [5.41, 5.74) is 0. The average Bonchev–Trinajstić information content (AvgIpc) is 2.77. The summed E-state index contributed by atoms with van der Waals surface area (Å²) >= 11 is 0. The summed E-state index contributed by atoms with van der Waals surface area (Å²) in [6.07, 6.45) is 7.13. The molecule has 3 heterocycles. The van der Waals surface area contributed by atoms with Crippen molar-refractivity contribution in [2.75, 3.05) is 56.1 Å². The quantitative estimate of drug-likeness (QED) is 0.819. The van der Waals surface area contributed by atoms with Gasteiger partial charge in [0.2, 0.25) is 5.95 Å². The van der Waals surface area contributed by atoms with Crippen LogP contribution >= 0.6 is 0 Å². The largest absolute Gasteiger partial charge is 0.354 e. The summed E-state index contributed by atoms with van der Waals surface area (Å²) in [6.45, 7) is 6.56. The van der Waals surface area contributed by atoms with Crippen LogP contribution in [0.3, 0.4) is 0 Å². The summed E-state index contributed by atoms with van der Waals surface area (Å²) in [6, 6.07) is 2.05. The standard InChI is InChI=1S/C15H25N5/c1-18-10-12-19(13-11-18)14-6-7-16-15(17-14)20-8-4-2-3-5-9-20/h6-7H,2-5,8-13H2,1H3. The summed E-state index contributed by atoms with van der Waals surface area (Å²) in [5.74, 6) is 2.01. The van der Waals surface area contributed by atoms with Gasteiger partial charge in [0, 0.05) is 45.5 Å². The Morgan fingerprint density at radius 2 is 1.55 bits per heavy atom. The van der Waals surface area contributed by atoms with Crippen molar-refractivity contribution in [3.8, 4) is 0 Å². The molecule has 1 aromatic rings. The predicted octanol–water partition coefficient (Wildman–Crippen LogP) is 1.61. The Kier molecular flexibility index (Phi) is 4.35. The predicted molar refractivity (Wildman–Crippen MR) is 82.4 cm³/mol. The molecular formula is C15H25N5. The third kappa shape index (κ3) is 3.20. The third-order valence-corrected chi connectivity index (χ3v) is 4.34.